The van der Waals surface area contributed by atoms with E-state index in [2.05, 4.69) is 39.0 Å². The zero-order valence-corrected chi connectivity index (χ0v) is 19.6. The van der Waals surface area contributed by atoms with Gasteiger partial charge >= 0.3 is 5.97 Å². The van der Waals surface area contributed by atoms with E-state index in [0.29, 0.717) is 6.73 Å². The molecule has 4 aliphatic rings. The Bertz CT molecular complexity index is 1180. The molecule has 2 fully saturated rings. The zero-order valence-electron chi connectivity index (χ0n) is 19.6. The molecular weight excluding hydrogens is 434 g/mol. The first-order chi connectivity index (χ1) is 16.6. The number of methoxy groups -OCH3 is 1. The Morgan fingerprint density at radius 3 is 2.79 bits per heavy atom. The number of ether oxygens (including phenoxy) is 2. The number of hydroxylamine groups is 1. The van der Waals surface area contributed by atoms with E-state index in [1.54, 1.807) is 7.11 Å². The Balaban J connectivity index is 1.32. The van der Waals surface area contributed by atoms with Crippen molar-refractivity contribution in [1.29, 1.82) is 0 Å². The lowest BCUT2D eigenvalue weighted by molar-refractivity contribution is -0.0214. The van der Waals surface area contributed by atoms with Gasteiger partial charge in [-0.1, -0.05) is 0 Å². The predicted molar refractivity (Wildman–Crippen MR) is 133 cm³/mol. The third-order valence-corrected chi connectivity index (χ3v) is 6.67. The van der Waals surface area contributed by atoms with E-state index in [1.165, 1.54) is 0 Å². The first kappa shape index (κ1) is 20.9. The lowest BCUT2D eigenvalue weighted by Crippen LogP contribution is -2.51. The fourth-order valence-electron chi connectivity index (χ4n) is 4.73. The van der Waals surface area contributed by atoms with Gasteiger partial charge in [-0.2, -0.15) is 0 Å². The van der Waals surface area contributed by atoms with E-state index in [4.69, 9.17) is 19.3 Å². The van der Waals surface area contributed by atoms with E-state index in [1.807, 2.05) is 48.4 Å². The van der Waals surface area contributed by atoms with E-state index in [0.717, 1.165) is 71.8 Å². The second kappa shape index (κ2) is 8.00. The molecular formula is C24H29N7O3. The van der Waals surface area contributed by atoms with Gasteiger partial charge < -0.3 is 29.9 Å². The number of nitrogens with one attached hydrogen (secondary N) is 3. The first-order valence-electron chi connectivity index (χ1n) is 11.5. The molecule has 1 atom stereocenters. The topological polar surface area (TPSA) is 85.9 Å². The Labute approximate surface area is 198 Å². The summed E-state index contributed by atoms with van der Waals surface area (Å²) < 4.78 is 11.4. The van der Waals surface area contributed by atoms with Crippen molar-refractivity contribution in [3.05, 3.63) is 47.8 Å². The molecule has 2 saturated heterocycles. The Hall–Kier alpha value is -3.63. The van der Waals surface area contributed by atoms with Gasteiger partial charge in [-0.15, -0.1) is 0 Å². The molecule has 6 rings (SSSR count). The summed E-state index contributed by atoms with van der Waals surface area (Å²) >= 11 is 0. The summed E-state index contributed by atoms with van der Waals surface area (Å²) in [5.41, 5.74) is 7.83. The molecule has 0 saturated carbocycles. The van der Waals surface area contributed by atoms with Crippen LogP contribution < -0.4 is 35.4 Å². The molecule has 178 valence electrons. The van der Waals surface area contributed by atoms with Gasteiger partial charge in [-0.3, -0.25) is 4.90 Å². The second-order valence-corrected chi connectivity index (χ2v) is 8.89. The van der Waals surface area contributed by atoms with Gasteiger partial charge in [0.15, 0.2) is 6.73 Å². The van der Waals surface area contributed by atoms with Crippen molar-refractivity contribution in [2.75, 3.05) is 67.5 Å². The van der Waals surface area contributed by atoms with Crippen LogP contribution in [0.5, 0.6) is 11.5 Å². The Morgan fingerprint density at radius 2 is 1.97 bits per heavy atom. The summed E-state index contributed by atoms with van der Waals surface area (Å²) in [5, 5.41) is 6.73. The minimum Gasteiger partial charge on any atom is -0.495 e. The smallest absolute Gasteiger partial charge is 0.351 e. The van der Waals surface area contributed by atoms with Crippen molar-refractivity contribution in [1.82, 2.24) is 10.4 Å². The van der Waals surface area contributed by atoms with Crippen LogP contribution in [0, 0.1) is 0 Å². The highest BCUT2D eigenvalue weighted by Crippen LogP contribution is 2.43. The number of benzene rings is 2. The number of anilines is 4. The van der Waals surface area contributed by atoms with Crippen LogP contribution in [-0.2, 0) is 4.84 Å². The molecule has 0 aromatic heterocycles. The Morgan fingerprint density at radius 1 is 1.12 bits per heavy atom. The van der Waals surface area contributed by atoms with Crippen molar-refractivity contribution in [2.45, 2.75) is 12.9 Å². The molecule has 10 heteroatoms. The summed E-state index contributed by atoms with van der Waals surface area (Å²) in [4.78, 5) is 17.5. The second-order valence-electron chi connectivity index (χ2n) is 8.89. The van der Waals surface area contributed by atoms with E-state index < -0.39 is 5.97 Å². The van der Waals surface area contributed by atoms with Crippen molar-refractivity contribution in [2.24, 2.45) is 4.99 Å². The average Bonchev–Trinajstić information content (AvgIpc) is 3.43. The van der Waals surface area contributed by atoms with Gasteiger partial charge in [0.2, 0.25) is 0 Å². The molecule has 10 nitrogen and oxygen atoms in total. The van der Waals surface area contributed by atoms with Crippen LogP contribution >= 0.6 is 0 Å². The molecule has 34 heavy (non-hydrogen) atoms. The van der Waals surface area contributed by atoms with Gasteiger partial charge in [0.05, 0.1) is 24.2 Å². The number of fused-ring (bicyclic) bond motifs is 3. The third kappa shape index (κ3) is 3.37. The van der Waals surface area contributed by atoms with E-state index in [9.17, 15) is 0 Å². The molecule has 0 amide bonds. The monoisotopic (exact) mass is 463 g/mol. The van der Waals surface area contributed by atoms with Gasteiger partial charge in [-0.25, -0.2) is 15.3 Å². The minimum absolute atomic E-state index is 0.469. The maximum Gasteiger partial charge on any atom is 0.351 e. The summed E-state index contributed by atoms with van der Waals surface area (Å²) in [6.07, 6.45) is 1.82. The lowest BCUT2D eigenvalue weighted by atomic mass is 10.2. The molecule has 2 aromatic rings. The summed E-state index contributed by atoms with van der Waals surface area (Å²) in [5.74, 6) is 1.31. The highest BCUT2D eigenvalue weighted by atomic mass is 16.7. The van der Waals surface area contributed by atoms with Gasteiger partial charge in [0.1, 0.15) is 17.3 Å². The molecule has 2 aromatic carbocycles. The molecule has 0 radical (unpaired) electrons. The SMILES string of the molecule is COc1cc(NC23N=CC(C)=C(NO2)N3c2ccc3c(c2)NCO3)ccc1N1CCN(C)CC1. The summed E-state index contributed by atoms with van der Waals surface area (Å²) in [7, 11) is 3.86. The van der Waals surface area contributed by atoms with E-state index >= 15 is 0 Å². The Kier molecular flexibility index (Phi) is 4.93. The van der Waals surface area contributed by atoms with Crippen LogP contribution in [0.2, 0.25) is 0 Å². The quantitative estimate of drug-likeness (QED) is 0.619. The van der Waals surface area contributed by atoms with Crippen LogP contribution in [0.1, 0.15) is 6.92 Å². The van der Waals surface area contributed by atoms with Crippen molar-refractivity contribution in [3.8, 4) is 11.5 Å². The van der Waals surface area contributed by atoms with Gasteiger partial charge in [0, 0.05) is 49.7 Å². The molecule has 1 unspecified atom stereocenters. The van der Waals surface area contributed by atoms with Crippen LogP contribution in [-0.4, -0.2) is 64.2 Å². The number of piperazine rings is 1. The number of nitrogens with zero attached hydrogens (tertiary/aromatic N) is 4. The van der Waals surface area contributed by atoms with Crippen LogP contribution in [0.15, 0.2) is 52.8 Å². The van der Waals surface area contributed by atoms with Crippen molar-refractivity contribution >= 4 is 29.0 Å². The van der Waals surface area contributed by atoms with Gasteiger partial charge in [0.25, 0.3) is 0 Å². The number of hydrogen-bond donors (Lipinski definition) is 3. The third-order valence-electron chi connectivity index (χ3n) is 6.67. The normalized spacial score (nSPS) is 23.4. The summed E-state index contributed by atoms with van der Waals surface area (Å²) in [6.45, 7) is 6.47. The van der Waals surface area contributed by atoms with E-state index in [-0.39, 0.29) is 0 Å². The average molecular weight is 464 g/mol. The fraction of sp³-hybridized carbons (Fsp3) is 0.375. The molecule has 4 aliphatic heterocycles. The summed E-state index contributed by atoms with van der Waals surface area (Å²) in [6, 6.07) is 12.1. The molecule has 0 spiro atoms. The minimum atomic E-state index is -1.18. The van der Waals surface area contributed by atoms with Crippen LogP contribution in [0.25, 0.3) is 0 Å². The first-order valence-corrected chi connectivity index (χ1v) is 11.5. The van der Waals surface area contributed by atoms with Crippen LogP contribution in [0.3, 0.4) is 0 Å². The van der Waals surface area contributed by atoms with Crippen molar-refractivity contribution < 1.29 is 14.3 Å². The fourth-order valence-corrected chi connectivity index (χ4v) is 4.73. The highest BCUT2D eigenvalue weighted by Gasteiger charge is 2.49. The van der Waals surface area contributed by atoms with Crippen LogP contribution in [0.4, 0.5) is 22.7 Å². The molecule has 3 N–H and O–H groups in total. The molecule has 2 bridgehead atoms. The predicted octanol–water partition coefficient (Wildman–Crippen LogP) is 2.59. The maximum absolute atomic E-state index is 6.06. The maximum atomic E-state index is 6.06. The number of likely N-dealkylation sites (N-methyl/N-ethyl adjacent to an activating group) is 1. The number of hydrogen-bond acceptors (Lipinski definition) is 10. The number of rotatable bonds is 5. The molecule has 4 heterocycles. The van der Waals surface area contributed by atoms with Gasteiger partial charge in [-0.05, 0) is 44.3 Å². The molecule has 0 aliphatic carbocycles. The highest BCUT2D eigenvalue weighted by molar-refractivity contribution is 5.85. The lowest BCUT2D eigenvalue weighted by Gasteiger charge is -2.37. The van der Waals surface area contributed by atoms with Crippen molar-refractivity contribution in [3.63, 3.8) is 0 Å². The standard InChI is InChI=1S/C24H29N7O3/c1-16-14-26-24(31(23(16)28-34-24)18-5-7-21-19(13-18)25-15-33-21)27-17-4-6-20(22(12-17)32-3)30-10-8-29(2)9-11-30/h4-7,12-14,25,27-28H,8-11,15H2,1-3H3. The number of aliphatic imine (C=N–C) groups is 1. The zero-order chi connectivity index (χ0) is 23.3. The largest absolute Gasteiger partial charge is 0.495 e. The number of allylic oxidation sites excluding steroid dienone is 1.